The van der Waals surface area contributed by atoms with Crippen LogP contribution in [0.25, 0.3) is 22.3 Å². The first-order chi connectivity index (χ1) is 11.2. The summed E-state index contributed by atoms with van der Waals surface area (Å²) in [5, 5.41) is 4.49. The highest BCUT2D eigenvalue weighted by Gasteiger charge is 2.34. The van der Waals surface area contributed by atoms with E-state index in [4.69, 9.17) is 4.74 Å². The molecule has 2 heterocycles. The molecule has 0 fully saturated rings. The van der Waals surface area contributed by atoms with Crippen LogP contribution in [0, 0.1) is 13.8 Å². The monoisotopic (exact) mass is 335 g/mol. The van der Waals surface area contributed by atoms with E-state index in [9.17, 15) is 13.2 Å². The van der Waals surface area contributed by atoms with Crippen molar-refractivity contribution in [3.05, 3.63) is 41.1 Å². The largest absolute Gasteiger partial charge is 0.496 e. The van der Waals surface area contributed by atoms with E-state index in [1.54, 1.807) is 13.2 Å². The molecule has 2 aromatic heterocycles. The number of aromatic nitrogens is 3. The third-order valence-electron chi connectivity index (χ3n) is 4.04. The second-order valence-electron chi connectivity index (χ2n) is 5.65. The van der Waals surface area contributed by atoms with Crippen LogP contribution in [-0.2, 0) is 13.2 Å². The number of benzene rings is 1. The van der Waals surface area contributed by atoms with E-state index in [0.717, 1.165) is 22.6 Å². The summed E-state index contributed by atoms with van der Waals surface area (Å²) in [6, 6.07) is 6.55. The summed E-state index contributed by atoms with van der Waals surface area (Å²) < 4.78 is 45.1. The average molecular weight is 335 g/mol. The van der Waals surface area contributed by atoms with Crippen LogP contribution >= 0.6 is 0 Å². The molecule has 1 aromatic carbocycles. The van der Waals surface area contributed by atoms with Crippen LogP contribution in [0.3, 0.4) is 0 Å². The molecule has 0 saturated heterocycles. The second kappa shape index (κ2) is 5.51. The van der Waals surface area contributed by atoms with E-state index >= 15 is 0 Å². The Bertz CT molecular complexity index is 929. The van der Waals surface area contributed by atoms with Gasteiger partial charge in [-0.15, -0.1) is 0 Å². The number of hydrogen-bond acceptors (Lipinski definition) is 3. The highest BCUT2D eigenvalue weighted by Crippen LogP contribution is 2.33. The van der Waals surface area contributed by atoms with Gasteiger partial charge < -0.3 is 4.74 Å². The molecule has 0 N–H and O–H groups in total. The van der Waals surface area contributed by atoms with Crippen molar-refractivity contribution in [1.29, 1.82) is 0 Å². The van der Waals surface area contributed by atoms with Crippen molar-refractivity contribution in [2.24, 2.45) is 7.05 Å². The molecular formula is C17H16F3N3O. The van der Waals surface area contributed by atoms with E-state index in [1.807, 2.05) is 26.0 Å². The van der Waals surface area contributed by atoms with Gasteiger partial charge >= 0.3 is 6.18 Å². The number of pyridine rings is 1. The molecule has 0 atom stereocenters. The molecule has 126 valence electrons. The summed E-state index contributed by atoms with van der Waals surface area (Å²) in [5.74, 6) is 0.688. The fourth-order valence-electron chi connectivity index (χ4n) is 2.78. The molecule has 0 aliphatic carbocycles. The van der Waals surface area contributed by atoms with Crippen molar-refractivity contribution in [3.8, 4) is 17.1 Å². The lowest BCUT2D eigenvalue weighted by Crippen LogP contribution is -2.06. The number of ether oxygens (including phenoxy) is 1. The lowest BCUT2D eigenvalue weighted by Gasteiger charge is -2.11. The standard InChI is InChI=1S/C17H16F3N3O/c1-9-7-12(13-8-15(17(18,19)20)22-23(13)3)21-16-10(2)14(24-4)6-5-11(9)16/h5-8H,1-4H3. The Morgan fingerprint density at radius 2 is 1.83 bits per heavy atom. The van der Waals surface area contributed by atoms with E-state index < -0.39 is 11.9 Å². The van der Waals surface area contributed by atoms with Crippen molar-refractivity contribution in [1.82, 2.24) is 14.8 Å². The smallest absolute Gasteiger partial charge is 0.435 e. The normalized spacial score (nSPS) is 12.0. The summed E-state index contributed by atoms with van der Waals surface area (Å²) in [6.45, 7) is 3.78. The van der Waals surface area contributed by atoms with Crippen molar-refractivity contribution in [3.63, 3.8) is 0 Å². The average Bonchev–Trinajstić information content (AvgIpc) is 2.90. The maximum atomic E-state index is 12.9. The van der Waals surface area contributed by atoms with Crippen molar-refractivity contribution in [2.75, 3.05) is 7.11 Å². The van der Waals surface area contributed by atoms with Crippen LogP contribution in [0.5, 0.6) is 5.75 Å². The Kier molecular flexibility index (Phi) is 3.74. The zero-order chi connectivity index (χ0) is 17.6. The molecule has 0 amide bonds. The fraction of sp³-hybridized carbons (Fsp3) is 0.294. The molecule has 0 aliphatic heterocycles. The molecule has 0 saturated carbocycles. The number of aryl methyl sites for hydroxylation is 3. The van der Waals surface area contributed by atoms with Gasteiger partial charge in [0.1, 0.15) is 5.75 Å². The molecule has 4 nitrogen and oxygen atoms in total. The van der Waals surface area contributed by atoms with Crippen molar-refractivity contribution < 1.29 is 17.9 Å². The summed E-state index contributed by atoms with van der Waals surface area (Å²) >= 11 is 0. The summed E-state index contributed by atoms with van der Waals surface area (Å²) in [6.07, 6.45) is -4.49. The highest BCUT2D eigenvalue weighted by molar-refractivity contribution is 5.88. The van der Waals surface area contributed by atoms with E-state index in [-0.39, 0.29) is 0 Å². The predicted octanol–water partition coefficient (Wildman–Crippen LogP) is 4.28. The number of alkyl halides is 3. The maximum Gasteiger partial charge on any atom is 0.435 e. The topological polar surface area (TPSA) is 39.9 Å². The second-order valence-corrected chi connectivity index (χ2v) is 5.65. The van der Waals surface area contributed by atoms with Gasteiger partial charge in [-0.1, -0.05) is 0 Å². The summed E-state index contributed by atoms with van der Waals surface area (Å²) in [7, 11) is 3.05. The van der Waals surface area contributed by atoms with E-state index in [1.165, 1.54) is 11.7 Å². The van der Waals surface area contributed by atoms with Crippen LogP contribution in [0.4, 0.5) is 13.2 Å². The van der Waals surface area contributed by atoms with Gasteiger partial charge in [0.25, 0.3) is 0 Å². The Hall–Kier alpha value is -2.57. The van der Waals surface area contributed by atoms with Gasteiger partial charge in [0.15, 0.2) is 5.69 Å². The van der Waals surface area contributed by atoms with Gasteiger partial charge in [0.2, 0.25) is 0 Å². The molecule has 0 aliphatic rings. The van der Waals surface area contributed by atoms with Gasteiger partial charge in [-0.2, -0.15) is 18.3 Å². The molecule has 3 rings (SSSR count). The van der Waals surface area contributed by atoms with Gasteiger partial charge in [-0.05, 0) is 43.7 Å². The minimum absolute atomic E-state index is 0.314. The molecule has 0 unspecified atom stereocenters. The Balaban J connectivity index is 2.24. The lowest BCUT2D eigenvalue weighted by molar-refractivity contribution is -0.141. The zero-order valence-electron chi connectivity index (χ0n) is 13.7. The number of nitrogens with zero attached hydrogens (tertiary/aromatic N) is 3. The quantitative estimate of drug-likeness (QED) is 0.702. The SMILES string of the molecule is COc1ccc2c(C)cc(-c3cc(C(F)(F)F)nn3C)nc2c1C. The van der Waals surface area contributed by atoms with E-state index in [0.29, 0.717) is 22.7 Å². The van der Waals surface area contributed by atoms with E-state index in [2.05, 4.69) is 10.1 Å². The van der Waals surface area contributed by atoms with Gasteiger partial charge in [-0.25, -0.2) is 4.98 Å². The fourth-order valence-corrected chi connectivity index (χ4v) is 2.78. The molecule has 24 heavy (non-hydrogen) atoms. The minimum Gasteiger partial charge on any atom is -0.496 e. The Morgan fingerprint density at radius 1 is 1.12 bits per heavy atom. The molecule has 0 spiro atoms. The van der Waals surface area contributed by atoms with Gasteiger partial charge in [0.05, 0.1) is 24.0 Å². The molecular weight excluding hydrogens is 319 g/mol. The summed E-state index contributed by atoms with van der Waals surface area (Å²) in [5.41, 5.74) is 2.31. The number of halogens is 3. The molecule has 0 radical (unpaired) electrons. The molecule has 3 aromatic rings. The van der Waals surface area contributed by atoms with Crippen LogP contribution in [0.15, 0.2) is 24.3 Å². The van der Waals surface area contributed by atoms with Crippen LogP contribution < -0.4 is 4.74 Å². The number of fused-ring (bicyclic) bond motifs is 1. The van der Waals surface area contributed by atoms with Crippen molar-refractivity contribution in [2.45, 2.75) is 20.0 Å². The van der Waals surface area contributed by atoms with Crippen LogP contribution in [-0.4, -0.2) is 21.9 Å². The van der Waals surface area contributed by atoms with Crippen LogP contribution in [0.2, 0.25) is 0 Å². The number of methoxy groups -OCH3 is 1. The lowest BCUT2D eigenvalue weighted by atomic mass is 10.0. The first-order valence-electron chi connectivity index (χ1n) is 7.29. The zero-order valence-corrected chi connectivity index (χ0v) is 13.7. The molecule has 7 heteroatoms. The number of rotatable bonds is 2. The predicted molar refractivity (Wildman–Crippen MR) is 85.0 cm³/mol. The maximum absolute atomic E-state index is 12.9. The number of hydrogen-bond donors (Lipinski definition) is 0. The third kappa shape index (κ3) is 2.60. The Morgan fingerprint density at radius 3 is 2.42 bits per heavy atom. The third-order valence-corrected chi connectivity index (χ3v) is 4.04. The Labute approximate surface area is 136 Å². The van der Waals surface area contributed by atoms with Gasteiger partial charge in [0, 0.05) is 18.0 Å². The first-order valence-corrected chi connectivity index (χ1v) is 7.29. The first kappa shape index (κ1) is 16.3. The highest BCUT2D eigenvalue weighted by atomic mass is 19.4. The minimum atomic E-state index is -4.49. The van der Waals surface area contributed by atoms with Gasteiger partial charge in [-0.3, -0.25) is 4.68 Å². The van der Waals surface area contributed by atoms with Crippen molar-refractivity contribution >= 4 is 10.9 Å². The van der Waals surface area contributed by atoms with Crippen LogP contribution in [0.1, 0.15) is 16.8 Å². The summed E-state index contributed by atoms with van der Waals surface area (Å²) in [4.78, 5) is 4.56. The molecule has 0 bridgehead atoms.